The molecule has 4 aromatic carbocycles. The lowest BCUT2D eigenvalue weighted by molar-refractivity contribution is -0.187. The van der Waals surface area contributed by atoms with Crippen LogP contribution >= 0.6 is 23.2 Å². The van der Waals surface area contributed by atoms with Crippen LogP contribution in [0.15, 0.2) is 83.9 Å². The average Bonchev–Trinajstić information content (AvgIpc) is 3.07. The predicted octanol–water partition coefficient (Wildman–Crippen LogP) is 9.34. The fourth-order valence-electron chi connectivity index (χ4n) is 4.99. The van der Waals surface area contributed by atoms with Crippen LogP contribution in [0.3, 0.4) is 0 Å². The van der Waals surface area contributed by atoms with E-state index in [1.54, 1.807) is 0 Å². The zero-order valence-corrected chi connectivity index (χ0v) is 28.1. The van der Waals surface area contributed by atoms with Crippen molar-refractivity contribution in [3.63, 3.8) is 0 Å². The highest BCUT2D eigenvalue weighted by molar-refractivity contribution is 6.31. The third kappa shape index (κ3) is 9.33. The van der Waals surface area contributed by atoms with Gasteiger partial charge in [0.25, 0.3) is 0 Å². The summed E-state index contributed by atoms with van der Waals surface area (Å²) >= 11 is 11.9. The van der Waals surface area contributed by atoms with Crippen molar-refractivity contribution in [2.45, 2.75) is 24.6 Å². The molecule has 6 rings (SSSR count). The Hall–Kier alpha value is -5.96. The van der Waals surface area contributed by atoms with Crippen molar-refractivity contribution in [3.8, 4) is 35.2 Å². The summed E-state index contributed by atoms with van der Waals surface area (Å²) in [6.45, 7) is 0. The van der Waals surface area contributed by atoms with Crippen molar-refractivity contribution in [2.75, 3.05) is 0 Å². The van der Waals surface area contributed by atoms with E-state index in [9.17, 15) is 44.7 Å². The number of hydrogen-bond donors (Lipinski definition) is 2. The Bertz CT molecular complexity index is 2200. The maximum atomic E-state index is 13.2. The molecule has 0 fully saturated rings. The Labute approximate surface area is 309 Å². The molecule has 2 heterocycles. The first-order valence-corrected chi connectivity index (χ1v) is 15.6. The molecule has 2 N–H and O–H groups in total. The molecular formula is C38H18Cl2F8O6. The Morgan fingerprint density at radius 3 is 1.28 bits per heavy atom. The van der Waals surface area contributed by atoms with Crippen LogP contribution in [0.25, 0.3) is 12.2 Å². The first kappa shape index (κ1) is 39.3. The smallest absolute Gasteiger partial charge is 0.430 e. The first-order valence-electron chi connectivity index (χ1n) is 14.9. The lowest BCUT2D eigenvalue weighted by atomic mass is 9.98. The second-order valence-corrected chi connectivity index (χ2v) is 12.0. The number of carbonyl (C=O) groups is 2. The molecule has 2 unspecified atom stereocenters. The molecule has 54 heavy (non-hydrogen) atoms. The Morgan fingerprint density at radius 1 is 0.593 bits per heavy atom. The van der Waals surface area contributed by atoms with Crippen LogP contribution in [0.1, 0.15) is 33.4 Å². The molecule has 276 valence electrons. The summed E-state index contributed by atoms with van der Waals surface area (Å²) < 4.78 is 116. The number of rotatable bonds is 2. The summed E-state index contributed by atoms with van der Waals surface area (Å²) in [7, 11) is 0. The quantitative estimate of drug-likeness (QED) is 0.155. The van der Waals surface area contributed by atoms with Gasteiger partial charge < -0.3 is 19.7 Å². The Morgan fingerprint density at radius 2 is 0.963 bits per heavy atom. The van der Waals surface area contributed by atoms with Gasteiger partial charge in [-0.3, -0.25) is 0 Å². The van der Waals surface area contributed by atoms with E-state index in [1.165, 1.54) is 60.7 Å². The molecule has 2 atom stereocenters. The van der Waals surface area contributed by atoms with E-state index >= 15 is 0 Å². The molecule has 0 amide bonds. The van der Waals surface area contributed by atoms with Crippen molar-refractivity contribution in [1.29, 1.82) is 0 Å². The molecule has 4 aromatic rings. The van der Waals surface area contributed by atoms with Crippen LogP contribution in [0.5, 0.6) is 11.5 Å². The summed E-state index contributed by atoms with van der Waals surface area (Å²) in [5, 5.41) is 18.4. The molecular weight excluding hydrogens is 775 g/mol. The number of benzene rings is 4. The van der Waals surface area contributed by atoms with Crippen molar-refractivity contribution in [2.24, 2.45) is 0 Å². The minimum absolute atomic E-state index is 0.0247. The molecule has 6 nitrogen and oxygen atoms in total. The number of ether oxygens (including phenoxy) is 2. The maximum absolute atomic E-state index is 13.2. The highest BCUT2D eigenvalue weighted by Crippen LogP contribution is 2.42. The molecule has 0 aromatic heterocycles. The van der Waals surface area contributed by atoms with Crippen LogP contribution in [-0.2, 0) is 9.59 Å². The summed E-state index contributed by atoms with van der Waals surface area (Å²) in [5.41, 5.74) is -1.15. The van der Waals surface area contributed by atoms with Crippen LogP contribution in [0, 0.1) is 35.3 Å². The van der Waals surface area contributed by atoms with Gasteiger partial charge in [-0.1, -0.05) is 59.0 Å². The lowest BCUT2D eigenvalue weighted by Gasteiger charge is -2.27. The minimum atomic E-state index is -4.94. The van der Waals surface area contributed by atoms with Crippen LogP contribution in [-0.4, -0.2) is 46.7 Å². The molecule has 0 saturated carbocycles. The standard InChI is InChI=1S/2C19H9ClF4O3/c2*20-13-7-11(5-4-10-2-1-3-14(21)6-10)16-12(8-13)9-15(18(25)26)17(27-16)19(22,23)24/h2*1-3,6-9,17H,(H,25,26). The third-order valence-electron chi connectivity index (χ3n) is 7.24. The van der Waals surface area contributed by atoms with Gasteiger partial charge in [-0.05, 0) is 72.8 Å². The fourth-order valence-corrected chi connectivity index (χ4v) is 5.44. The molecule has 0 saturated heterocycles. The SMILES string of the molecule is O=C(O)C1=Cc2cc(Cl)cc(C#Cc3cccc(F)c3)c2OC1C(F)(F)F.O=C(O)C1=Cc2cc(Cl)cc(C#Cc3cccc(F)c3)c2OC1C(F)(F)F. The molecule has 2 aliphatic heterocycles. The number of fused-ring (bicyclic) bond motifs is 2. The fraction of sp³-hybridized carbons (Fsp3) is 0.105. The summed E-state index contributed by atoms with van der Waals surface area (Å²) in [4.78, 5) is 22.4. The predicted molar refractivity (Wildman–Crippen MR) is 180 cm³/mol. The van der Waals surface area contributed by atoms with E-state index in [1.807, 2.05) is 0 Å². The highest BCUT2D eigenvalue weighted by atomic mass is 35.5. The first-order chi connectivity index (χ1) is 25.3. The van der Waals surface area contributed by atoms with Crippen LogP contribution < -0.4 is 9.47 Å². The van der Waals surface area contributed by atoms with Crippen LogP contribution in [0.2, 0.25) is 10.0 Å². The van der Waals surface area contributed by atoms with Crippen molar-refractivity contribution >= 4 is 47.3 Å². The van der Waals surface area contributed by atoms with Gasteiger partial charge >= 0.3 is 24.3 Å². The van der Waals surface area contributed by atoms with Crippen LogP contribution in [0.4, 0.5) is 35.1 Å². The summed E-state index contributed by atoms with van der Waals surface area (Å²) in [5.74, 6) is 5.42. The molecule has 2 aliphatic rings. The molecule has 0 aliphatic carbocycles. The normalized spacial score (nSPS) is 15.7. The number of carboxylic acid groups (broad SMARTS) is 2. The van der Waals surface area contributed by atoms with Gasteiger partial charge in [0.1, 0.15) is 23.1 Å². The zero-order valence-electron chi connectivity index (χ0n) is 26.5. The van der Waals surface area contributed by atoms with Crippen molar-refractivity contribution in [3.05, 3.63) is 139 Å². The van der Waals surface area contributed by atoms with Gasteiger partial charge in [0.2, 0.25) is 12.2 Å². The van der Waals surface area contributed by atoms with Gasteiger partial charge in [0.05, 0.1) is 22.3 Å². The molecule has 0 spiro atoms. The van der Waals surface area contributed by atoms with E-state index in [0.717, 1.165) is 24.3 Å². The average molecular weight is 793 g/mol. The van der Waals surface area contributed by atoms with Gasteiger partial charge in [0.15, 0.2) is 0 Å². The second-order valence-electron chi connectivity index (χ2n) is 11.2. The number of hydrogen-bond acceptors (Lipinski definition) is 4. The number of halogens is 10. The van der Waals surface area contributed by atoms with Gasteiger partial charge in [-0.15, -0.1) is 0 Å². The molecule has 0 bridgehead atoms. The van der Waals surface area contributed by atoms with E-state index in [0.29, 0.717) is 11.1 Å². The topological polar surface area (TPSA) is 93.1 Å². The van der Waals surface area contributed by atoms with Crippen molar-refractivity contribution in [1.82, 2.24) is 0 Å². The van der Waals surface area contributed by atoms with Gasteiger partial charge in [-0.2, -0.15) is 26.3 Å². The summed E-state index contributed by atoms with van der Waals surface area (Å²) in [6, 6.07) is 15.8. The Kier molecular flexibility index (Phi) is 11.3. The lowest BCUT2D eigenvalue weighted by Crippen LogP contribution is -2.40. The van der Waals surface area contributed by atoms with Gasteiger partial charge in [-0.25, -0.2) is 18.4 Å². The number of aliphatic carboxylic acids is 2. The van der Waals surface area contributed by atoms with E-state index in [-0.39, 0.29) is 43.8 Å². The van der Waals surface area contributed by atoms with E-state index in [4.69, 9.17) is 42.9 Å². The molecule has 16 heteroatoms. The minimum Gasteiger partial charge on any atom is -0.478 e. The third-order valence-corrected chi connectivity index (χ3v) is 7.68. The van der Waals surface area contributed by atoms with E-state index in [2.05, 4.69) is 23.7 Å². The Balaban J connectivity index is 0.000000208. The van der Waals surface area contributed by atoms with Crippen molar-refractivity contribution < 1.29 is 64.4 Å². The highest BCUT2D eigenvalue weighted by Gasteiger charge is 2.50. The maximum Gasteiger partial charge on any atom is 0.430 e. The molecule has 0 radical (unpaired) electrons. The monoisotopic (exact) mass is 792 g/mol. The number of alkyl halides is 6. The largest absolute Gasteiger partial charge is 0.478 e. The second kappa shape index (κ2) is 15.6. The summed E-state index contributed by atoms with van der Waals surface area (Å²) in [6.07, 6.45) is -13.4. The number of carboxylic acids is 2. The van der Waals surface area contributed by atoms with E-state index < -0.39 is 59.3 Å². The van der Waals surface area contributed by atoms with Gasteiger partial charge in [0, 0.05) is 32.3 Å². The zero-order chi connectivity index (χ0) is 39.5.